The zero-order valence-electron chi connectivity index (χ0n) is 13.1. The maximum absolute atomic E-state index is 14.6. The van der Waals surface area contributed by atoms with E-state index in [2.05, 4.69) is 4.72 Å². The Morgan fingerprint density at radius 1 is 1.33 bits per heavy atom. The fourth-order valence-corrected chi connectivity index (χ4v) is 3.06. The van der Waals surface area contributed by atoms with E-state index < -0.39 is 6.09 Å². The fourth-order valence-electron chi connectivity index (χ4n) is 2.54. The first-order valence-electron chi connectivity index (χ1n) is 7.42. The summed E-state index contributed by atoms with van der Waals surface area (Å²) in [6.07, 6.45) is -0.553. The van der Waals surface area contributed by atoms with E-state index in [9.17, 15) is 14.3 Å². The van der Waals surface area contributed by atoms with Gasteiger partial charge in [-0.1, -0.05) is 30.1 Å². The molecule has 0 unspecified atom stereocenters. The van der Waals surface area contributed by atoms with E-state index in [-0.39, 0.29) is 18.1 Å². The van der Waals surface area contributed by atoms with Crippen LogP contribution in [0.3, 0.4) is 0 Å². The number of benzene rings is 2. The van der Waals surface area contributed by atoms with Crippen LogP contribution in [0.1, 0.15) is 16.7 Å². The molecule has 1 aliphatic rings. The first kappa shape index (κ1) is 16.6. The minimum Gasteiger partial charge on any atom is -0.508 e. The molecule has 0 atom stereocenters. The minimum atomic E-state index is -0.553. The lowest BCUT2D eigenvalue weighted by Crippen LogP contribution is -2.36. The average molecular weight is 348 g/mol. The zero-order chi connectivity index (χ0) is 17.1. The summed E-state index contributed by atoms with van der Waals surface area (Å²) < 4.78 is 22.7. The van der Waals surface area contributed by atoms with Gasteiger partial charge in [-0.05, 0) is 24.7 Å². The van der Waals surface area contributed by atoms with Crippen LogP contribution in [0.2, 0.25) is 0 Å². The number of rotatable bonds is 5. The minimum absolute atomic E-state index is 0.0378. The number of nitrogens with zero attached hydrogens (tertiary/aromatic N) is 1. The lowest BCUT2D eigenvalue weighted by atomic mass is 10.1. The fraction of sp³-hybridized carbons (Fsp3) is 0.235. The molecule has 2 aromatic rings. The Morgan fingerprint density at radius 2 is 2.12 bits per heavy atom. The number of ether oxygens (including phenoxy) is 1. The second-order valence-electron chi connectivity index (χ2n) is 5.40. The van der Waals surface area contributed by atoms with Crippen LogP contribution in [0.4, 0.5) is 9.18 Å². The summed E-state index contributed by atoms with van der Waals surface area (Å²) >= 11 is 1.40. The molecular formula is C17H17FN2O3S. The first-order valence-corrected chi connectivity index (χ1v) is 8.40. The van der Waals surface area contributed by atoms with Crippen molar-refractivity contribution < 1.29 is 19.0 Å². The average Bonchev–Trinajstić information content (AvgIpc) is 2.56. The van der Waals surface area contributed by atoms with E-state index >= 15 is 0 Å². The van der Waals surface area contributed by atoms with Crippen molar-refractivity contribution >= 4 is 18.0 Å². The van der Waals surface area contributed by atoms with Crippen LogP contribution in [0.5, 0.6) is 11.5 Å². The van der Waals surface area contributed by atoms with E-state index in [0.29, 0.717) is 29.2 Å². The van der Waals surface area contributed by atoms with Gasteiger partial charge >= 0.3 is 6.09 Å². The number of aromatic hydroxyl groups is 1. The highest BCUT2D eigenvalue weighted by Crippen LogP contribution is 2.30. The number of nitrogens with one attached hydrogen (secondary N) is 1. The second-order valence-corrected chi connectivity index (χ2v) is 6.38. The molecule has 2 N–H and O–H groups in total. The van der Waals surface area contributed by atoms with E-state index in [1.54, 1.807) is 31.3 Å². The Kier molecular flexibility index (Phi) is 4.92. The third-order valence-corrected chi connectivity index (χ3v) is 4.50. The highest BCUT2D eigenvalue weighted by atomic mass is 32.2. The molecule has 0 saturated heterocycles. The van der Waals surface area contributed by atoms with Crippen LogP contribution in [-0.4, -0.2) is 23.1 Å². The van der Waals surface area contributed by atoms with Gasteiger partial charge in [-0.2, -0.15) is 0 Å². The predicted molar refractivity (Wildman–Crippen MR) is 90.1 cm³/mol. The Morgan fingerprint density at radius 3 is 2.92 bits per heavy atom. The van der Waals surface area contributed by atoms with Crippen molar-refractivity contribution in [2.75, 3.05) is 7.05 Å². The summed E-state index contributed by atoms with van der Waals surface area (Å²) in [5.41, 5.74) is 1.81. The van der Waals surface area contributed by atoms with Gasteiger partial charge in [-0.25, -0.2) is 9.18 Å². The number of carbonyl (C=O) groups excluding carboxylic acids is 1. The molecular weight excluding hydrogens is 331 g/mol. The largest absolute Gasteiger partial charge is 0.508 e. The number of hydrogen-bond acceptors (Lipinski definition) is 5. The van der Waals surface area contributed by atoms with Gasteiger partial charge in [0.1, 0.15) is 17.3 Å². The number of carbonyl (C=O) groups is 1. The van der Waals surface area contributed by atoms with Gasteiger partial charge in [0.15, 0.2) is 0 Å². The predicted octanol–water partition coefficient (Wildman–Crippen LogP) is 3.41. The first-order chi connectivity index (χ1) is 11.6. The normalized spacial score (nSPS) is 13.6. The summed E-state index contributed by atoms with van der Waals surface area (Å²) in [6.45, 7) is 0.437. The summed E-state index contributed by atoms with van der Waals surface area (Å²) in [7, 11) is 1.78. The van der Waals surface area contributed by atoms with Gasteiger partial charge in [-0.3, -0.25) is 9.62 Å². The van der Waals surface area contributed by atoms with Crippen LogP contribution in [0, 0.1) is 5.82 Å². The lowest BCUT2D eigenvalue weighted by molar-refractivity contribution is 0.134. The van der Waals surface area contributed by atoms with Crippen LogP contribution in [-0.2, 0) is 18.8 Å². The molecule has 1 heterocycles. The standard InChI is InChI=1S/C17H17FN2O3S/c1-19-24-10-13-4-2-3-12(16(13)18)9-20-8-11-5-6-14(21)7-15(11)23-17(20)22/h2-7,19,21H,8-10H2,1H3. The van der Waals surface area contributed by atoms with Crippen LogP contribution in [0.15, 0.2) is 36.4 Å². The smallest absolute Gasteiger partial charge is 0.415 e. The van der Waals surface area contributed by atoms with Crippen LogP contribution in [0.25, 0.3) is 0 Å². The van der Waals surface area contributed by atoms with Gasteiger partial charge in [0, 0.05) is 22.9 Å². The van der Waals surface area contributed by atoms with Crippen molar-refractivity contribution in [3.05, 3.63) is 58.9 Å². The molecule has 0 spiro atoms. The highest BCUT2D eigenvalue weighted by molar-refractivity contribution is 7.96. The molecule has 5 nitrogen and oxygen atoms in total. The number of halogens is 1. The maximum Gasteiger partial charge on any atom is 0.415 e. The van der Waals surface area contributed by atoms with Crippen molar-refractivity contribution in [2.24, 2.45) is 0 Å². The summed E-state index contributed by atoms with van der Waals surface area (Å²) in [5, 5.41) is 9.45. The van der Waals surface area contributed by atoms with E-state index in [1.807, 2.05) is 0 Å². The number of hydrogen-bond donors (Lipinski definition) is 2. The Bertz CT molecular complexity index is 769. The van der Waals surface area contributed by atoms with Gasteiger partial charge in [0.05, 0.1) is 13.1 Å². The molecule has 126 valence electrons. The van der Waals surface area contributed by atoms with Gasteiger partial charge in [0.2, 0.25) is 0 Å². The highest BCUT2D eigenvalue weighted by Gasteiger charge is 2.26. The zero-order valence-corrected chi connectivity index (χ0v) is 13.9. The van der Waals surface area contributed by atoms with Gasteiger partial charge < -0.3 is 9.84 Å². The van der Waals surface area contributed by atoms with E-state index in [1.165, 1.54) is 29.0 Å². The van der Waals surface area contributed by atoms with Crippen molar-refractivity contribution in [3.8, 4) is 11.5 Å². The molecule has 1 aliphatic heterocycles. The second kappa shape index (κ2) is 7.11. The van der Waals surface area contributed by atoms with Crippen LogP contribution < -0.4 is 9.46 Å². The maximum atomic E-state index is 14.6. The van der Waals surface area contributed by atoms with Crippen molar-refractivity contribution in [1.29, 1.82) is 0 Å². The molecule has 0 radical (unpaired) electrons. The Balaban J connectivity index is 1.79. The molecule has 7 heteroatoms. The van der Waals surface area contributed by atoms with Crippen LogP contribution >= 0.6 is 11.9 Å². The third kappa shape index (κ3) is 3.47. The van der Waals surface area contributed by atoms with Crippen molar-refractivity contribution in [3.63, 3.8) is 0 Å². The molecule has 0 aromatic heterocycles. The molecule has 3 rings (SSSR count). The monoisotopic (exact) mass is 348 g/mol. The van der Waals surface area contributed by atoms with E-state index in [0.717, 1.165) is 5.56 Å². The quantitative estimate of drug-likeness (QED) is 0.811. The summed E-state index contributed by atoms with van der Waals surface area (Å²) in [4.78, 5) is 13.6. The lowest BCUT2D eigenvalue weighted by Gasteiger charge is -2.28. The Hall–Kier alpha value is -2.25. The molecule has 2 aromatic carbocycles. The van der Waals surface area contributed by atoms with E-state index in [4.69, 9.17) is 4.74 Å². The van der Waals surface area contributed by atoms with Gasteiger partial charge in [-0.15, -0.1) is 0 Å². The van der Waals surface area contributed by atoms with Crippen molar-refractivity contribution in [2.45, 2.75) is 18.8 Å². The summed E-state index contributed by atoms with van der Waals surface area (Å²) in [5.74, 6) is 0.583. The topological polar surface area (TPSA) is 61.8 Å². The number of phenolic OH excluding ortho intramolecular Hbond substituents is 1. The molecule has 1 amide bonds. The SMILES string of the molecule is CNSCc1cccc(CN2Cc3ccc(O)cc3OC2=O)c1F. The third-order valence-electron chi connectivity index (χ3n) is 3.76. The summed E-state index contributed by atoms with van der Waals surface area (Å²) in [6, 6.07) is 9.82. The van der Waals surface area contributed by atoms with Crippen molar-refractivity contribution in [1.82, 2.24) is 9.62 Å². The number of phenols is 1. The molecule has 0 fully saturated rings. The molecule has 0 aliphatic carbocycles. The number of fused-ring (bicyclic) bond motifs is 1. The molecule has 0 saturated carbocycles. The van der Waals surface area contributed by atoms with Gasteiger partial charge in [0.25, 0.3) is 0 Å². The number of amides is 1. The molecule has 0 bridgehead atoms. The molecule has 24 heavy (non-hydrogen) atoms. The Labute approximate surface area is 143 Å².